The molecule has 0 aromatic heterocycles. The minimum absolute atomic E-state index is 0.160. The predicted octanol–water partition coefficient (Wildman–Crippen LogP) is 2.99. The summed E-state index contributed by atoms with van der Waals surface area (Å²) in [6.45, 7) is 1.56. The fourth-order valence-electron chi connectivity index (χ4n) is 2.53. The van der Waals surface area contributed by atoms with Crippen LogP contribution >= 0.6 is 23.2 Å². The van der Waals surface area contributed by atoms with Gasteiger partial charge in [0.1, 0.15) is 0 Å². The minimum Gasteiger partial charge on any atom is -0.382 e. The van der Waals surface area contributed by atoms with Gasteiger partial charge in [-0.1, -0.05) is 23.2 Å². The zero-order chi connectivity index (χ0) is 17.2. The van der Waals surface area contributed by atoms with E-state index in [0.717, 1.165) is 12.8 Å². The fraction of sp³-hybridized carbons (Fsp3) is 0.538. The highest BCUT2D eigenvalue weighted by Crippen LogP contribution is 2.35. The van der Waals surface area contributed by atoms with Crippen molar-refractivity contribution < 1.29 is 13.3 Å². The van der Waals surface area contributed by atoms with Crippen molar-refractivity contribution >= 4 is 44.6 Å². The van der Waals surface area contributed by atoms with Crippen LogP contribution in [0.15, 0.2) is 12.1 Å². The molecule has 23 heavy (non-hydrogen) atoms. The molecule has 0 atom stereocenters. The number of nitro groups is 1. The van der Waals surface area contributed by atoms with E-state index in [4.69, 9.17) is 23.2 Å². The van der Waals surface area contributed by atoms with E-state index in [9.17, 15) is 18.5 Å². The topological polar surface area (TPSA) is 92.6 Å². The second-order valence-corrected chi connectivity index (χ2v) is 8.32. The van der Waals surface area contributed by atoms with Crippen LogP contribution in [0.5, 0.6) is 0 Å². The Balaban J connectivity index is 1.96. The van der Waals surface area contributed by atoms with E-state index in [1.165, 1.54) is 22.7 Å². The van der Waals surface area contributed by atoms with Crippen LogP contribution < -0.4 is 5.32 Å². The molecule has 0 saturated carbocycles. The number of nitrogens with zero attached hydrogens (tertiary/aromatic N) is 2. The van der Waals surface area contributed by atoms with Gasteiger partial charge in [-0.15, -0.1) is 0 Å². The zero-order valence-electron chi connectivity index (χ0n) is 12.5. The Morgan fingerprint density at radius 2 is 1.83 bits per heavy atom. The quantitative estimate of drug-likeness (QED) is 0.624. The van der Waals surface area contributed by atoms with E-state index in [-0.39, 0.29) is 21.7 Å². The van der Waals surface area contributed by atoms with Crippen LogP contribution in [0.2, 0.25) is 10.0 Å². The lowest BCUT2D eigenvalue weighted by atomic mass is 9.98. The van der Waals surface area contributed by atoms with E-state index in [1.54, 1.807) is 0 Å². The number of benzene rings is 1. The van der Waals surface area contributed by atoms with Crippen LogP contribution in [-0.4, -0.2) is 43.5 Å². The Morgan fingerprint density at radius 1 is 1.30 bits per heavy atom. The molecule has 0 bridgehead atoms. The van der Waals surface area contributed by atoms with Crippen molar-refractivity contribution in [1.29, 1.82) is 0 Å². The molecular formula is C13H17Cl2N3O4S. The summed E-state index contributed by atoms with van der Waals surface area (Å²) in [4.78, 5) is 10.2. The normalized spacial score (nSPS) is 17.2. The van der Waals surface area contributed by atoms with Crippen molar-refractivity contribution in [3.05, 3.63) is 32.3 Å². The number of nitro benzene ring substituents is 1. The van der Waals surface area contributed by atoms with Gasteiger partial charge in [0, 0.05) is 31.8 Å². The highest BCUT2D eigenvalue weighted by Gasteiger charge is 2.25. The lowest BCUT2D eigenvalue weighted by Gasteiger charge is -2.30. The van der Waals surface area contributed by atoms with Crippen molar-refractivity contribution in [3.8, 4) is 0 Å². The molecule has 1 aromatic carbocycles. The van der Waals surface area contributed by atoms with Crippen molar-refractivity contribution in [2.24, 2.45) is 5.92 Å². The summed E-state index contributed by atoms with van der Waals surface area (Å²) in [6, 6.07) is 2.50. The maximum atomic E-state index is 11.5. The second kappa shape index (κ2) is 7.21. The molecule has 1 N–H and O–H groups in total. The summed E-state index contributed by atoms with van der Waals surface area (Å²) in [6.07, 6.45) is 2.69. The molecule has 1 saturated heterocycles. The third-order valence-corrected chi connectivity index (χ3v) is 5.75. The van der Waals surface area contributed by atoms with Gasteiger partial charge in [-0.25, -0.2) is 12.7 Å². The first-order valence-electron chi connectivity index (χ1n) is 7.01. The maximum Gasteiger partial charge on any atom is 0.272 e. The van der Waals surface area contributed by atoms with Gasteiger partial charge in [-0.3, -0.25) is 10.1 Å². The molecule has 0 radical (unpaired) electrons. The molecule has 1 aliphatic rings. The van der Waals surface area contributed by atoms with E-state index in [1.807, 2.05) is 0 Å². The average Bonchev–Trinajstić information content (AvgIpc) is 2.45. The Kier molecular flexibility index (Phi) is 5.72. The first kappa shape index (κ1) is 18.3. The number of halogens is 2. The number of hydrogen-bond acceptors (Lipinski definition) is 5. The molecule has 1 heterocycles. The van der Waals surface area contributed by atoms with Gasteiger partial charge in [-0.2, -0.15) is 0 Å². The molecular weight excluding hydrogens is 365 g/mol. The summed E-state index contributed by atoms with van der Waals surface area (Å²) in [7, 11) is -3.14. The highest BCUT2D eigenvalue weighted by atomic mass is 35.5. The van der Waals surface area contributed by atoms with Gasteiger partial charge in [0.2, 0.25) is 10.0 Å². The molecule has 0 spiro atoms. The van der Waals surface area contributed by atoms with E-state index in [2.05, 4.69) is 5.32 Å². The summed E-state index contributed by atoms with van der Waals surface area (Å²) in [5, 5.41) is 14.2. The predicted molar refractivity (Wildman–Crippen MR) is 90.7 cm³/mol. The van der Waals surface area contributed by atoms with Gasteiger partial charge >= 0.3 is 0 Å². The lowest BCUT2D eigenvalue weighted by molar-refractivity contribution is -0.384. The van der Waals surface area contributed by atoms with Crippen molar-refractivity contribution in [1.82, 2.24) is 4.31 Å². The van der Waals surface area contributed by atoms with Crippen LogP contribution in [0.25, 0.3) is 0 Å². The smallest absolute Gasteiger partial charge is 0.272 e. The SMILES string of the molecule is CS(=O)(=O)N1CCC(CNc2c(Cl)cc([N+](=O)[O-])cc2Cl)CC1. The molecule has 1 fully saturated rings. The van der Waals surface area contributed by atoms with Crippen molar-refractivity contribution in [2.45, 2.75) is 12.8 Å². The van der Waals surface area contributed by atoms with E-state index < -0.39 is 14.9 Å². The molecule has 7 nitrogen and oxygen atoms in total. The lowest BCUT2D eigenvalue weighted by Crippen LogP contribution is -2.39. The zero-order valence-corrected chi connectivity index (χ0v) is 14.8. The highest BCUT2D eigenvalue weighted by molar-refractivity contribution is 7.88. The largest absolute Gasteiger partial charge is 0.382 e. The summed E-state index contributed by atoms with van der Waals surface area (Å²) < 4.78 is 24.4. The van der Waals surface area contributed by atoms with Gasteiger partial charge in [0.25, 0.3) is 5.69 Å². The average molecular weight is 382 g/mol. The Labute approximate surface area is 144 Å². The van der Waals surface area contributed by atoms with Crippen LogP contribution in [0.3, 0.4) is 0 Å². The van der Waals surface area contributed by atoms with Crippen molar-refractivity contribution in [2.75, 3.05) is 31.2 Å². The van der Waals surface area contributed by atoms with Gasteiger partial charge in [0.15, 0.2) is 0 Å². The maximum absolute atomic E-state index is 11.5. The van der Waals surface area contributed by atoms with Crippen LogP contribution in [0.4, 0.5) is 11.4 Å². The first-order valence-corrected chi connectivity index (χ1v) is 9.61. The van der Waals surface area contributed by atoms with Gasteiger partial charge < -0.3 is 5.32 Å². The number of sulfonamides is 1. The third-order valence-electron chi connectivity index (χ3n) is 3.85. The minimum atomic E-state index is -3.14. The fourth-order valence-corrected chi connectivity index (χ4v) is 4.01. The standard InChI is InChI=1S/C13H17Cl2N3O4S/c1-23(21,22)17-4-2-9(3-5-17)8-16-13-11(14)6-10(18(19)20)7-12(13)15/h6-7,9,16H,2-5,8H2,1H3. The second-order valence-electron chi connectivity index (χ2n) is 5.53. The monoisotopic (exact) mass is 381 g/mol. The Bertz CT molecular complexity index is 680. The summed E-state index contributed by atoms with van der Waals surface area (Å²) >= 11 is 12.1. The molecule has 0 unspecified atom stereocenters. The Hall–Kier alpha value is -1.09. The number of nitrogens with one attached hydrogen (secondary N) is 1. The van der Waals surface area contributed by atoms with E-state index in [0.29, 0.717) is 25.3 Å². The number of non-ortho nitro benzene ring substituents is 1. The van der Waals surface area contributed by atoms with Gasteiger partial charge in [0.05, 0.1) is 26.9 Å². The van der Waals surface area contributed by atoms with E-state index >= 15 is 0 Å². The summed E-state index contributed by atoms with van der Waals surface area (Å²) in [5.74, 6) is 0.287. The molecule has 10 heteroatoms. The summed E-state index contributed by atoms with van der Waals surface area (Å²) in [5.41, 5.74) is 0.302. The third kappa shape index (κ3) is 4.69. The Morgan fingerprint density at radius 3 is 2.26 bits per heavy atom. The first-order chi connectivity index (χ1) is 10.7. The molecule has 0 aliphatic carbocycles. The number of rotatable bonds is 5. The molecule has 2 rings (SSSR count). The van der Waals surface area contributed by atoms with Crippen LogP contribution in [-0.2, 0) is 10.0 Å². The molecule has 1 aliphatic heterocycles. The van der Waals surface area contributed by atoms with Crippen LogP contribution in [0, 0.1) is 16.0 Å². The number of hydrogen-bond donors (Lipinski definition) is 1. The number of anilines is 1. The number of piperidine rings is 1. The van der Waals surface area contributed by atoms with Crippen LogP contribution in [0.1, 0.15) is 12.8 Å². The molecule has 0 amide bonds. The molecule has 1 aromatic rings. The van der Waals surface area contributed by atoms with Crippen molar-refractivity contribution in [3.63, 3.8) is 0 Å². The van der Waals surface area contributed by atoms with Gasteiger partial charge in [-0.05, 0) is 18.8 Å². The molecule has 128 valence electrons.